The Labute approximate surface area is 166 Å². The largest absolute Gasteiger partial charge is 0.459 e. The van der Waals surface area contributed by atoms with Crippen molar-refractivity contribution in [1.29, 1.82) is 0 Å². The molecule has 0 unspecified atom stereocenters. The predicted molar refractivity (Wildman–Crippen MR) is 106 cm³/mol. The third kappa shape index (κ3) is 3.94. The van der Waals surface area contributed by atoms with Gasteiger partial charge in [-0.3, -0.25) is 9.79 Å². The minimum Gasteiger partial charge on any atom is -0.459 e. The molecule has 1 aliphatic heterocycles. The van der Waals surface area contributed by atoms with Crippen LogP contribution in [0.1, 0.15) is 16.2 Å². The highest BCUT2D eigenvalue weighted by Crippen LogP contribution is 2.23. The van der Waals surface area contributed by atoms with E-state index in [0.717, 1.165) is 16.5 Å². The molecule has 0 aliphatic carbocycles. The summed E-state index contributed by atoms with van der Waals surface area (Å²) in [6.45, 7) is 3.16. The summed E-state index contributed by atoms with van der Waals surface area (Å²) in [4.78, 5) is 26.2. The van der Waals surface area contributed by atoms with E-state index < -0.39 is 0 Å². The topological polar surface area (TPSA) is 87.1 Å². The van der Waals surface area contributed by atoms with Gasteiger partial charge in [0.05, 0.1) is 23.4 Å². The highest BCUT2D eigenvalue weighted by atomic mass is 32.1. The average molecular weight is 399 g/mol. The van der Waals surface area contributed by atoms with Crippen molar-refractivity contribution in [3.05, 3.63) is 53.6 Å². The summed E-state index contributed by atoms with van der Waals surface area (Å²) < 4.78 is 10.8. The number of aromatic nitrogens is 1. The fourth-order valence-electron chi connectivity index (χ4n) is 3.08. The zero-order chi connectivity index (χ0) is 19.3. The number of hydrogen-bond acceptors (Lipinski definition) is 6. The molecule has 3 aromatic rings. The van der Waals surface area contributed by atoms with E-state index in [1.165, 1.54) is 6.26 Å². The number of aliphatic imine (C=N–C) groups is 1. The van der Waals surface area contributed by atoms with Crippen molar-refractivity contribution in [3.63, 3.8) is 0 Å². The molecule has 0 aromatic carbocycles. The minimum absolute atomic E-state index is 0.0729. The molecule has 0 bridgehead atoms. The molecule has 4 rings (SSSR count). The van der Waals surface area contributed by atoms with Crippen LogP contribution < -0.4 is 5.32 Å². The van der Waals surface area contributed by atoms with Crippen molar-refractivity contribution in [2.24, 2.45) is 4.99 Å². The zero-order valence-electron chi connectivity index (χ0n) is 15.5. The molecule has 146 valence electrons. The van der Waals surface area contributed by atoms with Gasteiger partial charge in [-0.25, -0.2) is 4.98 Å². The number of rotatable bonds is 4. The van der Waals surface area contributed by atoms with E-state index in [-0.39, 0.29) is 5.91 Å². The van der Waals surface area contributed by atoms with Crippen molar-refractivity contribution >= 4 is 23.2 Å². The molecule has 0 spiro atoms. The number of piperazine rings is 1. The number of nitrogens with zero attached hydrogens (tertiary/aromatic N) is 4. The Morgan fingerprint density at radius 3 is 2.71 bits per heavy atom. The number of nitrogens with one attached hydrogen (secondary N) is 1. The van der Waals surface area contributed by atoms with E-state index in [9.17, 15) is 4.79 Å². The van der Waals surface area contributed by atoms with Crippen molar-refractivity contribution in [2.75, 3.05) is 33.2 Å². The predicted octanol–water partition coefficient (Wildman–Crippen LogP) is 2.53. The lowest BCUT2D eigenvalue weighted by Crippen LogP contribution is -2.53. The lowest BCUT2D eigenvalue weighted by molar-refractivity contribution is 0.0657. The van der Waals surface area contributed by atoms with Crippen LogP contribution in [0.4, 0.5) is 0 Å². The minimum atomic E-state index is -0.0729. The highest BCUT2D eigenvalue weighted by Gasteiger charge is 2.25. The van der Waals surface area contributed by atoms with Gasteiger partial charge < -0.3 is 24.0 Å². The average Bonchev–Trinajstić information content (AvgIpc) is 3.50. The van der Waals surface area contributed by atoms with E-state index in [1.54, 1.807) is 41.7 Å². The van der Waals surface area contributed by atoms with Gasteiger partial charge in [-0.05, 0) is 23.6 Å². The molecule has 1 N–H and O–H groups in total. The number of thiophene rings is 1. The molecule has 1 aliphatic rings. The second-order valence-corrected chi connectivity index (χ2v) is 7.23. The fourth-order valence-corrected chi connectivity index (χ4v) is 3.74. The van der Waals surface area contributed by atoms with Crippen molar-refractivity contribution in [1.82, 2.24) is 20.1 Å². The summed E-state index contributed by atoms with van der Waals surface area (Å²) in [5.74, 6) is 1.72. The number of hydrogen-bond donors (Lipinski definition) is 1. The summed E-state index contributed by atoms with van der Waals surface area (Å²) >= 11 is 1.59. The van der Waals surface area contributed by atoms with E-state index in [1.807, 2.05) is 17.5 Å². The number of oxazole rings is 1. The molecule has 4 heterocycles. The zero-order valence-corrected chi connectivity index (χ0v) is 16.3. The maximum absolute atomic E-state index is 12.4. The molecule has 1 saturated heterocycles. The Hall–Kier alpha value is -3.07. The Balaban J connectivity index is 1.30. The van der Waals surface area contributed by atoms with Crippen LogP contribution in [-0.4, -0.2) is 59.9 Å². The number of guanidine groups is 1. The first-order valence-corrected chi connectivity index (χ1v) is 9.89. The third-order valence-corrected chi connectivity index (χ3v) is 5.38. The molecule has 1 amide bonds. The fraction of sp³-hybridized carbons (Fsp3) is 0.316. The SMILES string of the molecule is CN=C(NCc1coc(-c2cccs2)n1)N1CCN(C(=O)c2ccco2)CC1. The van der Waals surface area contributed by atoms with Gasteiger partial charge in [0, 0.05) is 33.2 Å². The second-order valence-electron chi connectivity index (χ2n) is 6.28. The Bertz CT molecular complexity index is 925. The van der Waals surface area contributed by atoms with E-state index in [0.29, 0.717) is 44.4 Å². The molecular formula is C19H21N5O3S. The molecule has 3 aromatic heterocycles. The Kier molecular flexibility index (Phi) is 5.43. The standard InChI is InChI=1S/C19H21N5O3S/c1-20-19(21-12-14-13-27-17(22-14)16-5-3-11-28-16)24-8-6-23(7-9-24)18(25)15-4-2-10-26-15/h2-5,10-11,13H,6-9,12H2,1H3,(H,20,21). The van der Waals surface area contributed by atoms with E-state index >= 15 is 0 Å². The second kappa shape index (κ2) is 8.30. The Morgan fingerprint density at radius 2 is 2.04 bits per heavy atom. The first kappa shape index (κ1) is 18.3. The number of furan rings is 1. The monoisotopic (exact) mass is 399 g/mol. The summed E-state index contributed by atoms with van der Waals surface area (Å²) in [6, 6.07) is 7.37. The molecule has 28 heavy (non-hydrogen) atoms. The van der Waals surface area contributed by atoms with Gasteiger partial charge in [0.15, 0.2) is 11.7 Å². The van der Waals surface area contributed by atoms with Crippen LogP contribution >= 0.6 is 11.3 Å². The first-order valence-electron chi connectivity index (χ1n) is 9.01. The lowest BCUT2D eigenvalue weighted by atomic mass is 10.3. The first-order chi connectivity index (χ1) is 13.7. The van der Waals surface area contributed by atoms with Crippen LogP contribution in [0.2, 0.25) is 0 Å². The Morgan fingerprint density at radius 1 is 1.21 bits per heavy atom. The third-order valence-electron chi connectivity index (χ3n) is 4.52. The van der Waals surface area contributed by atoms with Gasteiger partial charge in [0.2, 0.25) is 5.89 Å². The summed E-state index contributed by atoms with van der Waals surface area (Å²) in [5.41, 5.74) is 0.816. The van der Waals surface area contributed by atoms with Crippen molar-refractivity contribution in [3.8, 4) is 10.8 Å². The number of amides is 1. The van der Waals surface area contributed by atoms with Gasteiger partial charge >= 0.3 is 0 Å². The van der Waals surface area contributed by atoms with Crippen LogP contribution in [-0.2, 0) is 6.54 Å². The van der Waals surface area contributed by atoms with Crippen LogP contribution in [0.5, 0.6) is 0 Å². The van der Waals surface area contributed by atoms with E-state index in [2.05, 4.69) is 20.2 Å². The smallest absolute Gasteiger partial charge is 0.289 e. The van der Waals surface area contributed by atoms with Crippen molar-refractivity contribution in [2.45, 2.75) is 6.54 Å². The van der Waals surface area contributed by atoms with Crippen LogP contribution in [0.15, 0.2) is 56.0 Å². The van der Waals surface area contributed by atoms with E-state index in [4.69, 9.17) is 8.83 Å². The summed E-state index contributed by atoms with van der Waals surface area (Å²) in [5, 5.41) is 5.32. The molecule has 9 heteroatoms. The molecule has 0 saturated carbocycles. The van der Waals surface area contributed by atoms with Crippen LogP contribution in [0.25, 0.3) is 10.8 Å². The molecular weight excluding hydrogens is 378 g/mol. The van der Waals surface area contributed by atoms with Crippen LogP contribution in [0, 0.1) is 0 Å². The van der Waals surface area contributed by atoms with Crippen molar-refractivity contribution < 1.29 is 13.6 Å². The molecule has 8 nitrogen and oxygen atoms in total. The molecule has 0 atom stereocenters. The maximum atomic E-state index is 12.4. The highest BCUT2D eigenvalue weighted by molar-refractivity contribution is 7.13. The maximum Gasteiger partial charge on any atom is 0.289 e. The van der Waals surface area contributed by atoms with Gasteiger partial charge in [0.25, 0.3) is 5.91 Å². The van der Waals surface area contributed by atoms with Crippen LogP contribution in [0.3, 0.4) is 0 Å². The van der Waals surface area contributed by atoms with Gasteiger partial charge in [-0.2, -0.15) is 0 Å². The lowest BCUT2D eigenvalue weighted by Gasteiger charge is -2.36. The summed E-state index contributed by atoms with van der Waals surface area (Å²) in [6.07, 6.45) is 3.18. The molecule has 0 radical (unpaired) electrons. The molecule has 1 fully saturated rings. The number of carbonyl (C=O) groups excluding carboxylic acids is 1. The summed E-state index contributed by atoms with van der Waals surface area (Å²) in [7, 11) is 1.75. The van der Waals surface area contributed by atoms with Gasteiger partial charge in [-0.15, -0.1) is 11.3 Å². The van der Waals surface area contributed by atoms with Gasteiger partial charge in [0.1, 0.15) is 6.26 Å². The quantitative estimate of drug-likeness (QED) is 0.536. The number of carbonyl (C=O) groups is 1. The normalized spacial score (nSPS) is 15.1. The van der Waals surface area contributed by atoms with Gasteiger partial charge in [-0.1, -0.05) is 6.07 Å².